The summed E-state index contributed by atoms with van der Waals surface area (Å²) in [5.74, 6) is -0.435. The lowest BCUT2D eigenvalue weighted by atomic mass is 9.84. The number of amides is 1. The van der Waals surface area contributed by atoms with Gasteiger partial charge in [0.2, 0.25) is 0 Å². The van der Waals surface area contributed by atoms with Crippen molar-refractivity contribution in [1.82, 2.24) is 20.2 Å². The average Bonchev–Trinajstić information content (AvgIpc) is 3.39. The molecule has 1 aliphatic heterocycles. The highest BCUT2D eigenvalue weighted by Gasteiger charge is 2.34. The number of hydrogen-bond donors (Lipinski definition) is 3. The van der Waals surface area contributed by atoms with Gasteiger partial charge in [-0.1, -0.05) is 54.1 Å². The van der Waals surface area contributed by atoms with Crippen LogP contribution < -0.4 is 10.9 Å². The van der Waals surface area contributed by atoms with E-state index in [1.807, 2.05) is 47.8 Å². The molecule has 0 atom stereocenters. The molecule has 9 heteroatoms. The van der Waals surface area contributed by atoms with Crippen LogP contribution in [-0.4, -0.2) is 39.0 Å². The van der Waals surface area contributed by atoms with Gasteiger partial charge in [-0.05, 0) is 42.7 Å². The third-order valence-electron chi connectivity index (χ3n) is 6.69. The molecule has 7 nitrogen and oxygen atoms in total. The van der Waals surface area contributed by atoms with Crippen LogP contribution in [0.1, 0.15) is 39.5 Å². The average molecular weight is 535 g/mol. The van der Waals surface area contributed by atoms with Crippen molar-refractivity contribution >= 4 is 28.8 Å². The molecule has 1 saturated heterocycles. The molecule has 1 amide bonds. The van der Waals surface area contributed by atoms with Crippen molar-refractivity contribution in [1.29, 1.82) is 0 Å². The van der Waals surface area contributed by atoms with Crippen molar-refractivity contribution in [2.45, 2.75) is 31.5 Å². The number of nitrogens with one attached hydrogen (secondary N) is 2. The van der Waals surface area contributed by atoms with Crippen molar-refractivity contribution in [3.05, 3.63) is 109 Å². The van der Waals surface area contributed by atoms with Gasteiger partial charge in [-0.2, -0.15) is 0 Å². The number of thiazole rings is 1. The van der Waals surface area contributed by atoms with Crippen molar-refractivity contribution < 1.29 is 9.90 Å². The fourth-order valence-corrected chi connectivity index (χ4v) is 5.41. The Morgan fingerprint density at radius 3 is 2.51 bits per heavy atom. The van der Waals surface area contributed by atoms with Gasteiger partial charge in [-0.3, -0.25) is 14.5 Å². The second-order valence-corrected chi connectivity index (χ2v) is 10.6. The first-order valence-corrected chi connectivity index (χ1v) is 13.4. The molecule has 0 spiro atoms. The molecule has 0 saturated carbocycles. The van der Waals surface area contributed by atoms with Crippen LogP contribution in [0.25, 0.3) is 11.3 Å². The van der Waals surface area contributed by atoms with Gasteiger partial charge in [-0.25, -0.2) is 4.98 Å². The molecule has 190 valence electrons. The lowest BCUT2D eigenvalue weighted by Gasteiger charge is -2.38. The number of nitrogens with zero attached hydrogens (tertiary/aromatic N) is 2. The maximum absolute atomic E-state index is 12.6. The number of rotatable bonds is 7. The zero-order chi connectivity index (χ0) is 25.8. The molecule has 3 N–H and O–H groups in total. The Bertz CT molecular complexity index is 1430. The minimum absolute atomic E-state index is 0.0688. The van der Waals surface area contributed by atoms with E-state index >= 15 is 0 Å². The molecule has 4 aromatic rings. The van der Waals surface area contributed by atoms with Crippen LogP contribution in [-0.2, 0) is 18.7 Å². The van der Waals surface area contributed by atoms with E-state index in [1.54, 1.807) is 24.3 Å². The Kier molecular flexibility index (Phi) is 7.53. The maximum atomic E-state index is 12.6. The molecule has 2 aromatic heterocycles. The molecule has 37 heavy (non-hydrogen) atoms. The fraction of sp³-hybridized carbons (Fsp3) is 0.250. The topological polar surface area (TPSA) is 98.3 Å². The zero-order valence-electron chi connectivity index (χ0n) is 20.1. The van der Waals surface area contributed by atoms with E-state index in [9.17, 15) is 14.7 Å². The molecular weight excluding hydrogens is 508 g/mol. The molecular formula is C28H27ClN4O3S. The SMILES string of the molecule is O=C(NCc1nc(-c2ccccc2)cs1)c1ccc(CN2CCC(O)(c3ccc(Cl)cc3)CC2)[nH]c1=O. The van der Waals surface area contributed by atoms with Crippen LogP contribution in [0.2, 0.25) is 5.02 Å². The number of aliphatic hydroxyl groups is 1. The lowest BCUT2D eigenvalue weighted by Crippen LogP contribution is -2.42. The summed E-state index contributed by atoms with van der Waals surface area (Å²) in [7, 11) is 0. The highest BCUT2D eigenvalue weighted by atomic mass is 35.5. The summed E-state index contributed by atoms with van der Waals surface area (Å²) in [5.41, 5.74) is 2.25. The molecule has 1 fully saturated rings. The molecule has 0 aliphatic carbocycles. The maximum Gasteiger partial charge on any atom is 0.261 e. The minimum atomic E-state index is -0.879. The quantitative estimate of drug-likeness (QED) is 0.323. The predicted molar refractivity (Wildman–Crippen MR) is 146 cm³/mol. The number of aromatic amines is 1. The largest absolute Gasteiger partial charge is 0.385 e. The molecule has 0 bridgehead atoms. The monoisotopic (exact) mass is 534 g/mol. The third-order valence-corrected chi connectivity index (χ3v) is 7.80. The first kappa shape index (κ1) is 25.4. The van der Waals surface area contributed by atoms with Gasteiger partial charge < -0.3 is 15.4 Å². The van der Waals surface area contributed by atoms with Gasteiger partial charge in [0, 0.05) is 41.3 Å². The number of benzene rings is 2. The molecule has 0 unspecified atom stereocenters. The standard InChI is InChI=1S/C28H27ClN4O3S/c29-21-8-6-20(7-9-21)28(36)12-14-33(15-13-28)17-22-10-11-23(27(35)31-22)26(34)30-16-25-32-24(18-37-25)19-4-2-1-3-5-19/h1-11,18,36H,12-17H2,(H,30,34)(H,31,35). The van der Waals surface area contributed by atoms with Crippen LogP contribution in [0.4, 0.5) is 0 Å². The summed E-state index contributed by atoms with van der Waals surface area (Å²) < 4.78 is 0. The van der Waals surface area contributed by atoms with Gasteiger partial charge in [0.1, 0.15) is 10.6 Å². The minimum Gasteiger partial charge on any atom is -0.385 e. The lowest BCUT2D eigenvalue weighted by molar-refractivity contribution is -0.0279. The van der Waals surface area contributed by atoms with Crippen molar-refractivity contribution in [3.63, 3.8) is 0 Å². The zero-order valence-corrected chi connectivity index (χ0v) is 21.7. The highest BCUT2D eigenvalue weighted by molar-refractivity contribution is 7.09. The van der Waals surface area contributed by atoms with Gasteiger partial charge in [0.25, 0.3) is 11.5 Å². The molecule has 5 rings (SSSR count). The van der Waals surface area contributed by atoms with E-state index in [0.29, 0.717) is 37.5 Å². The van der Waals surface area contributed by atoms with Gasteiger partial charge in [-0.15, -0.1) is 11.3 Å². The van der Waals surface area contributed by atoms with Gasteiger partial charge in [0.05, 0.1) is 17.8 Å². The number of hydrogen-bond acceptors (Lipinski definition) is 6. The van der Waals surface area contributed by atoms with Crippen LogP contribution >= 0.6 is 22.9 Å². The van der Waals surface area contributed by atoms with E-state index in [-0.39, 0.29) is 12.1 Å². The summed E-state index contributed by atoms with van der Waals surface area (Å²) in [6.07, 6.45) is 1.17. The number of aromatic nitrogens is 2. The first-order valence-electron chi connectivity index (χ1n) is 12.1. The number of carbonyl (C=O) groups excluding carboxylic acids is 1. The summed E-state index contributed by atoms with van der Waals surface area (Å²) in [4.78, 5) is 34.9. The summed E-state index contributed by atoms with van der Waals surface area (Å²) >= 11 is 7.44. The number of piperidine rings is 1. The number of pyridine rings is 1. The Hall–Kier alpha value is -3.30. The number of H-pyrrole nitrogens is 1. The van der Waals surface area contributed by atoms with Gasteiger partial charge in [0.15, 0.2) is 0 Å². The van der Waals surface area contributed by atoms with E-state index in [0.717, 1.165) is 27.5 Å². The first-order chi connectivity index (χ1) is 17.9. The van der Waals surface area contributed by atoms with Crippen LogP contribution in [0.15, 0.2) is 76.9 Å². The van der Waals surface area contributed by atoms with Crippen LogP contribution in [0.5, 0.6) is 0 Å². The van der Waals surface area contributed by atoms with E-state index in [2.05, 4.69) is 20.2 Å². The van der Waals surface area contributed by atoms with E-state index in [4.69, 9.17) is 11.6 Å². The summed E-state index contributed by atoms with van der Waals surface area (Å²) in [5, 5.41) is 17.2. The summed E-state index contributed by atoms with van der Waals surface area (Å²) in [6.45, 7) is 2.15. The van der Waals surface area contributed by atoms with Crippen molar-refractivity contribution in [3.8, 4) is 11.3 Å². The van der Waals surface area contributed by atoms with Crippen molar-refractivity contribution in [2.24, 2.45) is 0 Å². The highest BCUT2D eigenvalue weighted by Crippen LogP contribution is 2.33. The molecule has 0 radical (unpaired) electrons. The van der Waals surface area contributed by atoms with Crippen LogP contribution in [0, 0.1) is 0 Å². The Labute approximate surface area is 223 Å². The Morgan fingerprint density at radius 2 is 1.81 bits per heavy atom. The third kappa shape index (κ3) is 5.99. The Morgan fingerprint density at radius 1 is 1.08 bits per heavy atom. The predicted octanol–water partition coefficient (Wildman–Crippen LogP) is 4.57. The second-order valence-electron chi connectivity index (χ2n) is 9.22. The normalized spacial score (nSPS) is 15.4. The second kappa shape index (κ2) is 11.0. The molecule has 3 heterocycles. The van der Waals surface area contributed by atoms with E-state index in [1.165, 1.54) is 11.3 Å². The van der Waals surface area contributed by atoms with Crippen LogP contribution in [0.3, 0.4) is 0 Å². The summed E-state index contributed by atoms with van der Waals surface area (Å²) in [6, 6.07) is 20.5. The van der Waals surface area contributed by atoms with Gasteiger partial charge >= 0.3 is 0 Å². The number of likely N-dealkylation sites (tertiary alicyclic amines) is 1. The molecule has 2 aromatic carbocycles. The Balaban J connectivity index is 1.15. The fourth-order valence-electron chi connectivity index (χ4n) is 4.54. The number of halogens is 1. The van der Waals surface area contributed by atoms with Crippen molar-refractivity contribution in [2.75, 3.05) is 13.1 Å². The molecule has 1 aliphatic rings. The van der Waals surface area contributed by atoms with E-state index < -0.39 is 17.1 Å². The smallest absolute Gasteiger partial charge is 0.261 e. The number of carbonyl (C=O) groups is 1.